The average Bonchev–Trinajstić information content (AvgIpc) is 3.43. The molecular weight excluding hydrogens is 430 g/mol. The number of hydrogen-bond donors (Lipinski definition) is 2. The van der Waals surface area contributed by atoms with E-state index < -0.39 is 17.1 Å². The highest BCUT2D eigenvalue weighted by molar-refractivity contribution is 5.90. The number of aliphatic hydroxyl groups is 1. The van der Waals surface area contributed by atoms with Crippen LogP contribution >= 0.6 is 0 Å². The van der Waals surface area contributed by atoms with Crippen molar-refractivity contribution in [1.82, 2.24) is 9.13 Å². The normalized spacial score (nSPS) is 19.9. The van der Waals surface area contributed by atoms with Crippen molar-refractivity contribution < 1.29 is 24.1 Å². The van der Waals surface area contributed by atoms with E-state index in [1.807, 2.05) is 4.57 Å². The highest BCUT2D eigenvalue weighted by atomic mass is 16.7. The Hall–Kier alpha value is -3.63. The number of rotatable bonds is 3. The van der Waals surface area contributed by atoms with Gasteiger partial charge in [-0.05, 0) is 18.6 Å². The number of ether oxygens (including phenoxy) is 3. The first-order valence-electron chi connectivity index (χ1n) is 10.7. The van der Waals surface area contributed by atoms with Crippen molar-refractivity contribution in [3.63, 3.8) is 0 Å². The SMILES string of the molecule is CC[C@@]1(O)C(=O)OCc2c1cc1n(c2=O)Cc2c-1c(=O)c1cc3c(cc1n2CCN)OCO3. The number of carbonyl (C=O) groups is 1. The van der Waals surface area contributed by atoms with Gasteiger partial charge in [-0.2, -0.15) is 0 Å². The molecule has 10 heteroatoms. The van der Waals surface area contributed by atoms with Gasteiger partial charge in [-0.3, -0.25) is 9.59 Å². The maximum atomic E-state index is 13.7. The molecule has 170 valence electrons. The van der Waals surface area contributed by atoms with Crippen LogP contribution in [0.2, 0.25) is 0 Å². The fraction of sp³-hybridized carbons (Fsp3) is 0.348. The minimum absolute atomic E-state index is 0.0349. The first kappa shape index (κ1) is 20.0. The van der Waals surface area contributed by atoms with Crippen molar-refractivity contribution in [3.8, 4) is 22.8 Å². The fourth-order valence-electron chi connectivity index (χ4n) is 5.11. The summed E-state index contributed by atoms with van der Waals surface area (Å²) in [6.07, 6.45) is 0.0349. The molecule has 0 fully saturated rings. The van der Waals surface area contributed by atoms with Gasteiger partial charge in [0, 0.05) is 24.7 Å². The molecule has 3 aliphatic heterocycles. The maximum Gasteiger partial charge on any atom is 0.343 e. The summed E-state index contributed by atoms with van der Waals surface area (Å²) in [5.41, 5.74) is 5.71. The van der Waals surface area contributed by atoms with Crippen molar-refractivity contribution in [1.29, 1.82) is 0 Å². The van der Waals surface area contributed by atoms with Gasteiger partial charge in [0.15, 0.2) is 22.5 Å². The summed E-state index contributed by atoms with van der Waals surface area (Å²) < 4.78 is 19.5. The number of nitrogens with two attached hydrogens (primary N) is 1. The molecule has 0 aliphatic carbocycles. The van der Waals surface area contributed by atoms with Gasteiger partial charge in [-0.15, -0.1) is 0 Å². The van der Waals surface area contributed by atoms with Crippen LogP contribution in [0.25, 0.3) is 22.2 Å². The largest absolute Gasteiger partial charge is 0.458 e. The topological polar surface area (TPSA) is 135 Å². The number of benzene rings is 1. The number of nitrogens with zero attached hydrogens (tertiary/aromatic N) is 2. The maximum absolute atomic E-state index is 13.7. The molecule has 0 saturated heterocycles. The summed E-state index contributed by atoms with van der Waals surface area (Å²) in [6.45, 7) is 2.39. The number of carbonyl (C=O) groups excluding carboxylic acids is 1. The van der Waals surface area contributed by atoms with Gasteiger partial charge in [0.05, 0.1) is 40.0 Å². The van der Waals surface area contributed by atoms with Gasteiger partial charge in [-0.1, -0.05) is 6.92 Å². The Balaban J connectivity index is 1.70. The quantitative estimate of drug-likeness (QED) is 0.431. The fourth-order valence-corrected chi connectivity index (χ4v) is 5.11. The molecule has 0 amide bonds. The molecule has 0 spiro atoms. The van der Waals surface area contributed by atoms with E-state index in [2.05, 4.69) is 0 Å². The Bertz CT molecular complexity index is 1500. The van der Waals surface area contributed by atoms with Crippen LogP contribution in [-0.4, -0.2) is 33.5 Å². The summed E-state index contributed by atoms with van der Waals surface area (Å²) in [5, 5.41) is 11.4. The Morgan fingerprint density at radius 2 is 1.88 bits per heavy atom. The lowest BCUT2D eigenvalue weighted by Crippen LogP contribution is -2.44. The highest BCUT2D eigenvalue weighted by Crippen LogP contribution is 2.40. The third kappa shape index (κ3) is 2.47. The molecule has 0 unspecified atom stereocenters. The molecule has 3 aliphatic rings. The summed E-state index contributed by atoms with van der Waals surface area (Å²) in [5.74, 6) is 0.217. The lowest BCUT2D eigenvalue weighted by atomic mass is 9.86. The van der Waals surface area contributed by atoms with Gasteiger partial charge in [0.2, 0.25) is 6.79 Å². The Morgan fingerprint density at radius 1 is 1.12 bits per heavy atom. The second kappa shape index (κ2) is 6.69. The van der Waals surface area contributed by atoms with Crippen molar-refractivity contribution in [2.45, 2.75) is 38.6 Å². The lowest BCUT2D eigenvalue weighted by molar-refractivity contribution is -0.172. The summed E-state index contributed by atoms with van der Waals surface area (Å²) in [7, 11) is 0. The third-order valence-corrected chi connectivity index (χ3v) is 6.83. The van der Waals surface area contributed by atoms with E-state index in [0.29, 0.717) is 52.4 Å². The van der Waals surface area contributed by atoms with Crippen LogP contribution in [0, 0.1) is 0 Å². The molecule has 5 heterocycles. The zero-order valence-electron chi connectivity index (χ0n) is 17.8. The molecule has 1 atom stereocenters. The number of pyridine rings is 2. The van der Waals surface area contributed by atoms with Gasteiger partial charge in [-0.25, -0.2) is 4.79 Å². The second-order valence-electron chi connectivity index (χ2n) is 8.42. The predicted molar refractivity (Wildman–Crippen MR) is 116 cm³/mol. The van der Waals surface area contributed by atoms with Crippen molar-refractivity contribution >= 4 is 16.9 Å². The van der Waals surface area contributed by atoms with E-state index >= 15 is 0 Å². The molecule has 0 bridgehead atoms. The van der Waals surface area contributed by atoms with E-state index in [-0.39, 0.29) is 42.9 Å². The van der Waals surface area contributed by atoms with Crippen LogP contribution in [0.5, 0.6) is 11.5 Å². The summed E-state index contributed by atoms with van der Waals surface area (Å²) >= 11 is 0. The molecule has 0 saturated carbocycles. The van der Waals surface area contributed by atoms with Crippen molar-refractivity contribution in [2.24, 2.45) is 5.73 Å². The van der Waals surface area contributed by atoms with E-state index in [4.69, 9.17) is 19.9 Å². The van der Waals surface area contributed by atoms with Crippen LogP contribution in [0.4, 0.5) is 0 Å². The first-order chi connectivity index (χ1) is 15.9. The molecule has 0 radical (unpaired) electrons. The Labute approximate surface area is 186 Å². The van der Waals surface area contributed by atoms with Gasteiger partial charge in [0.25, 0.3) is 5.56 Å². The minimum Gasteiger partial charge on any atom is -0.458 e. The van der Waals surface area contributed by atoms with E-state index in [1.165, 1.54) is 4.57 Å². The van der Waals surface area contributed by atoms with E-state index in [9.17, 15) is 19.5 Å². The van der Waals surface area contributed by atoms with Gasteiger partial charge < -0.3 is 34.2 Å². The number of fused-ring (bicyclic) bond motifs is 6. The first-order valence-corrected chi connectivity index (χ1v) is 10.7. The zero-order valence-corrected chi connectivity index (χ0v) is 17.8. The van der Waals surface area contributed by atoms with Crippen LogP contribution < -0.4 is 26.2 Å². The van der Waals surface area contributed by atoms with Gasteiger partial charge in [0.1, 0.15) is 6.61 Å². The van der Waals surface area contributed by atoms with Crippen LogP contribution in [0.1, 0.15) is 30.2 Å². The molecule has 2 aromatic heterocycles. The molecule has 1 aromatic carbocycles. The Morgan fingerprint density at radius 3 is 2.61 bits per heavy atom. The highest BCUT2D eigenvalue weighted by Gasteiger charge is 2.45. The number of hydrogen-bond acceptors (Lipinski definition) is 8. The molecule has 3 N–H and O–H groups in total. The number of aromatic nitrogens is 2. The molecular formula is C23H21N3O7. The third-order valence-electron chi connectivity index (χ3n) is 6.83. The molecule has 3 aromatic rings. The molecule has 10 nitrogen and oxygen atoms in total. The minimum atomic E-state index is -1.94. The standard InChI is InChI=1S/C23H21N3O7/c1-2-23(30)13-6-15-19-16(8-26(15)21(28)12(13)9-31-22(23)29)25(4-3-24)14-7-18-17(32-10-33-18)5-11(14)20(19)27/h5-7,30H,2-4,8-10,24H2,1H3/t23-/m0/s1. The second-order valence-corrected chi connectivity index (χ2v) is 8.42. The van der Waals surface area contributed by atoms with Crippen LogP contribution in [0.15, 0.2) is 27.8 Å². The monoisotopic (exact) mass is 451 g/mol. The van der Waals surface area contributed by atoms with Crippen LogP contribution in [0.3, 0.4) is 0 Å². The Kier molecular flexibility index (Phi) is 4.06. The summed E-state index contributed by atoms with van der Waals surface area (Å²) in [6, 6.07) is 4.99. The summed E-state index contributed by atoms with van der Waals surface area (Å²) in [4.78, 5) is 39.5. The van der Waals surface area contributed by atoms with Crippen LogP contribution in [-0.2, 0) is 34.8 Å². The molecule has 6 rings (SSSR count). The van der Waals surface area contributed by atoms with E-state index in [1.54, 1.807) is 25.1 Å². The zero-order chi connectivity index (χ0) is 23.1. The number of cyclic esters (lactones) is 1. The molecule has 33 heavy (non-hydrogen) atoms. The average molecular weight is 451 g/mol. The predicted octanol–water partition coefficient (Wildman–Crippen LogP) is 0.534. The van der Waals surface area contributed by atoms with Crippen molar-refractivity contribution in [3.05, 3.63) is 55.6 Å². The van der Waals surface area contributed by atoms with Crippen molar-refractivity contribution in [2.75, 3.05) is 13.3 Å². The van der Waals surface area contributed by atoms with E-state index in [0.717, 1.165) is 0 Å². The van der Waals surface area contributed by atoms with Gasteiger partial charge >= 0.3 is 5.97 Å². The lowest BCUT2D eigenvalue weighted by Gasteiger charge is -2.31. The number of esters is 1. The smallest absolute Gasteiger partial charge is 0.343 e.